The Morgan fingerprint density at radius 3 is 3.20 bits per heavy atom. The summed E-state index contributed by atoms with van der Waals surface area (Å²) in [7, 11) is 1.68. The SMILES string of the molecule is CN(CCC#N)C(=O)COc1cccc2c1NCCC2. The Balaban J connectivity index is 1.94. The number of fused-ring (bicyclic) bond motifs is 1. The Bertz CT molecular complexity index is 522. The molecule has 1 aliphatic heterocycles. The predicted octanol–water partition coefficient (Wildman–Crippen LogP) is 1.80. The Morgan fingerprint density at radius 1 is 1.55 bits per heavy atom. The number of aryl methyl sites for hydroxylation is 1. The van der Waals surface area contributed by atoms with Crippen LogP contribution in [0.2, 0.25) is 0 Å². The van der Waals surface area contributed by atoms with Crippen molar-refractivity contribution in [3.8, 4) is 11.8 Å². The normalized spacial score (nSPS) is 12.8. The summed E-state index contributed by atoms with van der Waals surface area (Å²) >= 11 is 0. The fraction of sp³-hybridized carbons (Fsp3) is 0.467. The largest absolute Gasteiger partial charge is 0.482 e. The second-order valence-electron chi connectivity index (χ2n) is 4.83. The van der Waals surface area contributed by atoms with Gasteiger partial charge in [-0.2, -0.15) is 5.26 Å². The van der Waals surface area contributed by atoms with E-state index in [4.69, 9.17) is 10.00 Å². The predicted molar refractivity (Wildman–Crippen MR) is 76.6 cm³/mol. The summed E-state index contributed by atoms with van der Waals surface area (Å²) in [6.45, 7) is 1.37. The maximum atomic E-state index is 11.9. The van der Waals surface area contributed by atoms with E-state index in [0.29, 0.717) is 13.0 Å². The van der Waals surface area contributed by atoms with Crippen molar-refractivity contribution in [2.75, 3.05) is 32.1 Å². The first-order valence-corrected chi connectivity index (χ1v) is 6.82. The number of nitrogens with one attached hydrogen (secondary N) is 1. The number of carbonyl (C=O) groups excluding carboxylic acids is 1. The Morgan fingerprint density at radius 2 is 2.40 bits per heavy atom. The fourth-order valence-electron chi connectivity index (χ4n) is 2.19. The third-order valence-corrected chi connectivity index (χ3v) is 3.37. The number of hydrogen-bond acceptors (Lipinski definition) is 4. The summed E-state index contributed by atoms with van der Waals surface area (Å²) in [4.78, 5) is 13.4. The van der Waals surface area contributed by atoms with E-state index in [1.165, 1.54) is 10.5 Å². The molecule has 0 saturated carbocycles. The van der Waals surface area contributed by atoms with E-state index < -0.39 is 0 Å². The molecular weight excluding hydrogens is 254 g/mol. The maximum Gasteiger partial charge on any atom is 0.260 e. The first kappa shape index (κ1) is 14.2. The number of carbonyl (C=O) groups is 1. The summed E-state index contributed by atoms with van der Waals surface area (Å²) in [5.74, 6) is 0.609. The molecule has 0 aliphatic carbocycles. The molecule has 0 unspecified atom stereocenters. The minimum absolute atomic E-state index is 0.0000614. The van der Waals surface area contributed by atoms with Crippen LogP contribution in [0, 0.1) is 11.3 Å². The van der Waals surface area contributed by atoms with Crippen LogP contribution in [0.3, 0.4) is 0 Å². The highest BCUT2D eigenvalue weighted by atomic mass is 16.5. The van der Waals surface area contributed by atoms with Crippen molar-refractivity contribution in [1.82, 2.24) is 4.90 Å². The maximum absolute atomic E-state index is 11.9. The highest BCUT2D eigenvalue weighted by Crippen LogP contribution is 2.31. The topological polar surface area (TPSA) is 65.4 Å². The van der Waals surface area contributed by atoms with Gasteiger partial charge < -0.3 is 15.0 Å². The number of rotatable bonds is 5. The molecule has 1 aromatic rings. The van der Waals surface area contributed by atoms with Gasteiger partial charge in [0.1, 0.15) is 5.75 Å². The zero-order valence-electron chi connectivity index (χ0n) is 11.7. The van der Waals surface area contributed by atoms with Crippen molar-refractivity contribution in [3.05, 3.63) is 23.8 Å². The molecule has 1 aliphatic rings. The number of likely N-dealkylation sites (N-methyl/N-ethyl adjacent to an activating group) is 1. The average molecular weight is 273 g/mol. The molecule has 1 heterocycles. The quantitative estimate of drug-likeness (QED) is 0.888. The van der Waals surface area contributed by atoms with Gasteiger partial charge >= 0.3 is 0 Å². The summed E-state index contributed by atoms with van der Waals surface area (Å²) in [5, 5.41) is 11.8. The van der Waals surface area contributed by atoms with Gasteiger partial charge in [0.15, 0.2) is 6.61 Å². The Kier molecular flexibility index (Phi) is 4.83. The van der Waals surface area contributed by atoms with Crippen molar-refractivity contribution >= 4 is 11.6 Å². The Hall–Kier alpha value is -2.22. The van der Waals surface area contributed by atoms with Crippen molar-refractivity contribution in [2.24, 2.45) is 0 Å². The monoisotopic (exact) mass is 273 g/mol. The number of benzene rings is 1. The molecule has 5 heteroatoms. The lowest BCUT2D eigenvalue weighted by molar-refractivity contribution is -0.131. The van der Waals surface area contributed by atoms with E-state index in [9.17, 15) is 4.79 Å². The zero-order valence-corrected chi connectivity index (χ0v) is 11.7. The lowest BCUT2D eigenvalue weighted by atomic mass is 10.0. The highest BCUT2D eigenvalue weighted by Gasteiger charge is 2.15. The molecule has 1 amide bonds. The van der Waals surface area contributed by atoms with Crippen LogP contribution in [0.5, 0.6) is 5.75 Å². The molecule has 0 bridgehead atoms. The van der Waals surface area contributed by atoms with Crippen LogP contribution < -0.4 is 10.1 Å². The average Bonchev–Trinajstić information content (AvgIpc) is 2.50. The number of nitrogens with zero attached hydrogens (tertiary/aromatic N) is 2. The smallest absolute Gasteiger partial charge is 0.260 e. The second kappa shape index (κ2) is 6.80. The van der Waals surface area contributed by atoms with Gasteiger partial charge in [-0.3, -0.25) is 4.79 Å². The molecule has 0 aromatic heterocycles. The van der Waals surface area contributed by atoms with Crippen LogP contribution in [0.15, 0.2) is 18.2 Å². The molecule has 2 rings (SSSR count). The first-order valence-electron chi connectivity index (χ1n) is 6.82. The van der Waals surface area contributed by atoms with E-state index in [-0.39, 0.29) is 12.5 Å². The third kappa shape index (κ3) is 3.41. The van der Waals surface area contributed by atoms with Gasteiger partial charge in [-0.05, 0) is 24.5 Å². The van der Waals surface area contributed by atoms with Crippen LogP contribution in [0.1, 0.15) is 18.4 Å². The van der Waals surface area contributed by atoms with E-state index in [1.807, 2.05) is 18.2 Å². The van der Waals surface area contributed by atoms with Gasteiger partial charge in [0.05, 0.1) is 18.2 Å². The minimum Gasteiger partial charge on any atom is -0.482 e. The molecule has 106 valence electrons. The van der Waals surface area contributed by atoms with Crippen LogP contribution in [0.25, 0.3) is 0 Å². The van der Waals surface area contributed by atoms with Crippen molar-refractivity contribution in [3.63, 3.8) is 0 Å². The molecule has 0 saturated heterocycles. The van der Waals surface area contributed by atoms with Crippen LogP contribution in [-0.4, -0.2) is 37.6 Å². The number of hydrogen-bond donors (Lipinski definition) is 1. The van der Waals surface area contributed by atoms with Crippen LogP contribution in [0.4, 0.5) is 5.69 Å². The summed E-state index contributed by atoms with van der Waals surface area (Å²) in [6, 6.07) is 7.93. The summed E-state index contributed by atoms with van der Waals surface area (Å²) in [6.07, 6.45) is 2.49. The molecule has 20 heavy (non-hydrogen) atoms. The molecule has 0 radical (unpaired) electrons. The Labute approximate surface area is 119 Å². The van der Waals surface area contributed by atoms with Gasteiger partial charge in [0.25, 0.3) is 5.91 Å². The third-order valence-electron chi connectivity index (χ3n) is 3.37. The van der Waals surface area contributed by atoms with Crippen molar-refractivity contribution in [1.29, 1.82) is 5.26 Å². The van der Waals surface area contributed by atoms with E-state index in [0.717, 1.165) is 30.8 Å². The van der Waals surface area contributed by atoms with Gasteiger partial charge in [0, 0.05) is 20.1 Å². The summed E-state index contributed by atoms with van der Waals surface area (Å²) in [5.41, 5.74) is 2.24. The number of para-hydroxylation sites is 1. The standard InChI is InChI=1S/C15H19N3O2/c1-18(10-4-8-16)14(19)11-20-13-7-2-5-12-6-3-9-17-15(12)13/h2,5,7,17H,3-4,6,9-11H2,1H3. The molecular formula is C15H19N3O2. The molecule has 0 spiro atoms. The van der Waals surface area contributed by atoms with E-state index in [1.54, 1.807) is 7.05 Å². The number of nitriles is 1. The number of anilines is 1. The van der Waals surface area contributed by atoms with Gasteiger partial charge in [-0.1, -0.05) is 12.1 Å². The first-order chi connectivity index (χ1) is 9.72. The van der Waals surface area contributed by atoms with Gasteiger partial charge in [0.2, 0.25) is 0 Å². The molecule has 1 N–H and O–H groups in total. The van der Waals surface area contributed by atoms with Gasteiger partial charge in [-0.15, -0.1) is 0 Å². The molecule has 5 nitrogen and oxygen atoms in total. The number of ether oxygens (including phenoxy) is 1. The van der Waals surface area contributed by atoms with E-state index >= 15 is 0 Å². The molecule has 1 aromatic carbocycles. The lowest BCUT2D eigenvalue weighted by Crippen LogP contribution is -2.32. The zero-order chi connectivity index (χ0) is 14.4. The fourth-order valence-corrected chi connectivity index (χ4v) is 2.19. The van der Waals surface area contributed by atoms with Crippen LogP contribution in [-0.2, 0) is 11.2 Å². The lowest BCUT2D eigenvalue weighted by Gasteiger charge is -2.22. The van der Waals surface area contributed by atoms with Crippen LogP contribution >= 0.6 is 0 Å². The minimum atomic E-state index is -0.117. The number of amides is 1. The molecule has 0 atom stereocenters. The highest BCUT2D eigenvalue weighted by molar-refractivity contribution is 5.78. The summed E-state index contributed by atoms with van der Waals surface area (Å²) < 4.78 is 5.63. The van der Waals surface area contributed by atoms with Crippen molar-refractivity contribution in [2.45, 2.75) is 19.3 Å². The van der Waals surface area contributed by atoms with Gasteiger partial charge in [-0.25, -0.2) is 0 Å². The second-order valence-corrected chi connectivity index (χ2v) is 4.83. The van der Waals surface area contributed by atoms with Crippen molar-refractivity contribution < 1.29 is 9.53 Å². The van der Waals surface area contributed by atoms with E-state index in [2.05, 4.69) is 11.4 Å². The molecule has 0 fully saturated rings.